The van der Waals surface area contributed by atoms with Crippen LogP contribution in [-0.4, -0.2) is 36.5 Å². The monoisotopic (exact) mass is 275 g/mol. The molecule has 0 saturated heterocycles. The molecule has 0 aromatic heterocycles. The molecule has 2 rings (SSSR count). The Balaban J connectivity index is 1.77. The molecule has 0 radical (unpaired) electrons. The quantitative estimate of drug-likeness (QED) is 0.566. The summed E-state index contributed by atoms with van der Waals surface area (Å²) in [4.78, 5) is 2.54. The van der Waals surface area contributed by atoms with Gasteiger partial charge in [0.05, 0.1) is 0 Å². The van der Waals surface area contributed by atoms with E-state index in [4.69, 9.17) is 15.9 Å². The fourth-order valence-corrected chi connectivity index (χ4v) is 2.34. The van der Waals surface area contributed by atoms with Gasteiger partial charge in [-0.1, -0.05) is 13.8 Å². The van der Waals surface area contributed by atoms with E-state index in [0.717, 1.165) is 30.4 Å². The van der Waals surface area contributed by atoms with Crippen molar-refractivity contribution in [3.63, 3.8) is 0 Å². The molecule has 1 saturated carbocycles. The molecular formula is C16H25N3O. The molecule has 0 heterocycles. The minimum Gasteiger partial charge on any atom is -0.492 e. The molecule has 110 valence electrons. The van der Waals surface area contributed by atoms with Gasteiger partial charge in [0.1, 0.15) is 18.2 Å². The molecule has 1 aliphatic carbocycles. The van der Waals surface area contributed by atoms with Crippen LogP contribution in [0.15, 0.2) is 24.3 Å². The molecule has 1 aliphatic rings. The van der Waals surface area contributed by atoms with Gasteiger partial charge < -0.3 is 10.5 Å². The van der Waals surface area contributed by atoms with Crippen LogP contribution in [0.3, 0.4) is 0 Å². The standard InChI is InChI=1S/C16H25N3O/c1-12(2)11-19(14-5-6-14)9-10-20-15-7-3-13(4-8-15)16(17)18/h3-4,7-8,12,14H,5-6,9-11H2,1-2H3,(H3,17,18). The third-order valence-electron chi connectivity index (χ3n) is 3.48. The summed E-state index contributed by atoms with van der Waals surface area (Å²) in [6, 6.07) is 8.18. The number of amidine groups is 1. The van der Waals surface area contributed by atoms with Crippen molar-refractivity contribution in [3.05, 3.63) is 29.8 Å². The van der Waals surface area contributed by atoms with Crippen molar-refractivity contribution >= 4 is 5.84 Å². The number of nitrogens with two attached hydrogens (primary N) is 1. The van der Waals surface area contributed by atoms with E-state index in [1.165, 1.54) is 12.8 Å². The minimum atomic E-state index is 0.0911. The van der Waals surface area contributed by atoms with Crippen LogP contribution in [0.2, 0.25) is 0 Å². The number of rotatable bonds is 8. The van der Waals surface area contributed by atoms with Gasteiger partial charge in [-0.3, -0.25) is 10.3 Å². The fourth-order valence-electron chi connectivity index (χ4n) is 2.34. The van der Waals surface area contributed by atoms with Gasteiger partial charge in [0, 0.05) is 24.7 Å². The van der Waals surface area contributed by atoms with E-state index in [0.29, 0.717) is 12.5 Å². The van der Waals surface area contributed by atoms with E-state index in [-0.39, 0.29) is 5.84 Å². The van der Waals surface area contributed by atoms with E-state index >= 15 is 0 Å². The van der Waals surface area contributed by atoms with E-state index < -0.39 is 0 Å². The van der Waals surface area contributed by atoms with Crippen LogP contribution in [0.25, 0.3) is 0 Å². The Morgan fingerprint density at radius 2 is 2.00 bits per heavy atom. The van der Waals surface area contributed by atoms with Crippen molar-refractivity contribution in [1.29, 1.82) is 5.41 Å². The fraction of sp³-hybridized carbons (Fsp3) is 0.562. The van der Waals surface area contributed by atoms with Crippen LogP contribution >= 0.6 is 0 Å². The Bertz CT molecular complexity index is 438. The highest BCUT2D eigenvalue weighted by atomic mass is 16.5. The number of nitrogens with one attached hydrogen (secondary N) is 1. The summed E-state index contributed by atoms with van der Waals surface area (Å²) < 4.78 is 5.78. The highest BCUT2D eigenvalue weighted by molar-refractivity contribution is 5.94. The van der Waals surface area contributed by atoms with Crippen LogP contribution in [-0.2, 0) is 0 Å². The van der Waals surface area contributed by atoms with Gasteiger partial charge in [0.15, 0.2) is 0 Å². The number of nitrogens with zero attached hydrogens (tertiary/aromatic N) is 1. The Morgan fingerprint density at radius 3 is 2.50 bits per heavy atom. The molecule has 0 bridgehead atoms. The van der Waals surface area contributed by atoms with E-state index in [9.17, 15) is 0 Å². The van der Waals surface area contributed by atoms with Gasteiger partial charge in [-0.15, -0.1) is 0 Å². The first kappa shape index (κ1) is 14.9. The summed E-state index contributed by atoms with van der Waals surface area (Å²) in [6.07, 6.45) is 2.67. The average Bonchev–Trinajstić information content (AvgIpc) is 3.22. The van der Waals surface area contributed by atoms with Crippen molar-refractivity contribution < 1.29 is 4.74 Å². The van der Waals surface area contributed by atoms with Crippen LogP contribution in [0, 0.1) is 11.3 Å². The second kappa shape index (κ2) is 6.75. The first-order chi connectivity index (χ1) is 9.56. The summed E-state index contributed by atoms with van der Waals surface area (Å²) >= 11 is 0. The number of nitrogen functional groups attached to an aromatic ring is 1. The summed E-state index contributed by atoms with van der Waals surface area (Å²) in [5, 5.41) is 7.35. The molecule has 4 heteroatoms. The van der Waals surface area contributed by atoms with Crippen molar-refractivity contribution in [3.8, 4) is 5.75 Å². The van der Waals surface area contributed by atoms with Crippen molar-refractivity contribution in [2.75, 3.05) is 19.7 Å². The number of benzene rings is 1. The third-order valence-corrected chi connectivity index (χ3v) is 3.48. The van der Waals surface area contributed by atoms with Crippen LogP contribution < -0.4 is 10.5 Å². The molecule has 0 spiro atoms. The lowest BCUT2D eigenvalue weighted by Crippen LogP contribution is -2.33. The normalized spacial score (nSPS) is 14.8. The molecule has 0 amide bonds. The molecule has 1 aromatic rings. The molecule has 0 unspecified atom stereocenters. The summed E-state index contributed by atoms with van der Waals surface area (Å²) in [6.45, 7) is 7.37. The van der Waals surface area contributed by atoms with Gasteiger partial charge in [0.25, 0.3) is 0 Å². The molecule has 0 atom stereocenters. The highest BCUT2D eigenvalue weighted by Crippen LogP contribution is 2.27. The largest absolute Gasteiger partial charge is 0.492 e. The van der Waals surface area contributed by atoms with Crippen molar-refractivity contribution in [1.82, 2.24) is 4.90 Å². The first-order valence-corrected chi connectivity index (χ1v) is 7.37. The Kier molecular flexibility index (Phi) is 5.01. The lowest BCUT2D eigenvalue weighted by Gasteiger charge is -2.23. The second-order valence-corrected chi connectivity index (χ2v) is 5.91. The molecule has 3 N–H and O–H groups in total. The number of hydrogen-bond donors (Lipinski definition) is 2. The second-order valence-electron chi connectivity index (χ2n) is 5.91. The van der Waals surface area contributed by atoms with Gasteiger partial charge in [-0.25, -0.2) is 0 Å². The number of hydrogen-bond acceptors (Lipinski definition) is 3. The van der Waals surface area contributed by atoms with Crippen LogP contribution in [0.4, 0.5) is 0 Å². The molecular weight excluding hydrogens is 250 g/mol. The molecule has 20 heavy (non-hydrogen) atoms. The van der Waals surface area contributed by atoms with Gasteiger partial charge in [0.2, 0.25) is 0 Å². The van der Waals surface area contributed by atoms with Gasteiger partial charge in [-0.05, 0) is 43.0 Å². The zero-order valence-corrected chi connectivity index (χ0v) is 12.4. The Morgan fingerprint density at radius 1 is 1.35 bits per heavy atom. The Hall–Kier alpha value is -1.55. The first-order valence-electron chi connectivity index (χ1n) is 7.37. The van der Waals surface area contributed by atoms with Crippen LogP contribution in [0.1, 0.15) is 32.3 Å². The summed E-state index contributed by atoms with van der Waals surface area (Å²) in [5.41, 5.74) is 6.16. The van der Waals surface area contributed by atoms with Gasteiger partial charge >= 0.3 is 0 Å². The highest BCUT2D eigenvalue weighted by Gasteiger charge is 2.28. The number of ether oxygens (including phenoxy) is 1. The van der Waals surface area contributed by atoms with Crippen molar-refractivity contribution in [2.24, 2.45) is 11.7 Å². The van der Waals surface area contributed by atoms with Crippen molar-refractivity contribution in [2.45, 2.75) is 32.7 Å². The maximum atomic E-state index is 7.35. The molecule has 4 nitrogen and oxygen atoms in total. The molecule has 1 aromatic carbocycles. The predicted octanol–water partition coefficient (Wildman–Crippen LogP) is 2.47. The molecule has 0 aliphatic heterocycles. The molecule has 1 fully saturated rings. The predicted molar refractivity (Wildman–Crippen MR) is 82.4 cm³/mol. The van der Waals surface area contributed by atoms with E-state index in [2.05, 4.69) is 18.7 Å². The lowest BCUT2D eigenvalue weighted by molar-refractivity contribution is 0.185. The van der Waals surface area contributed by atoms with Crippen LogP contribution in [0.5, 0.6) is 5.75 Å². The summed E-state index contributed by atoms with van der Waals surface area (Å²) in [7, 11) is 0. The Labute approximate surface area is 121 Å². The third kappa shape index (κ3) is 4.53. The topological polar surface area (TPSA) is 62.3 Å². The smallest absolute Gasteiger partial charge is 0.122 e. The maximum absolute atomic E-state index is 7.35. The van der Waals surface area contributed by atoms with E-state index in [1.807, 2.05) is 24.3 Å². The maximum Gasteiger partial charge on any atom is 0.122 e. The zero-order valence-electron chi connectivity index (χ0n) is 12.4. The lowest BCUT2D eigenvalue weighted by atomic mass is 10.2. The SMILES string of the molecule is CC(C)CN(CCOc1ccc(C(=N)N)cc1)C1CC1. The zero-order chi connectivity index (χ0) is 14.5. The van der Waals surface area contributed by atoms with E-state index in [1.54, 1.807) is 0 Å². The van der Waals surface area contributed by atoms with Gasteiger partial charge in [-0.2, -0.15) is 0 Å². The average molecular weight is 275 g/mol. The minimum absolute atomic E-state index is 0.0911. The summed E-state index contributed by atoms with van der Waals surface area (Å²) in [5.74, 6) is 1.63.